The van der Waals surface area contributed by atoms with Gasteiger partial charge in [-0.05, 0) is 74.0 Å². The highest BCUT2D eigenvalue weighted by Gasteiger charge is 2.43. The first-order valence-electron chi connectivity index (χ1n) is 9.86. The molecule has 4 rings (SSSR count). The molecule has 1 fully saturated rings. The van der Waals surface area contributed by atoms with Crippen LogP contribution in [0.25, 0.3) is 0 Å². The molecule has 0 aromatic heterocycles. The van der Waals surface area contributed by atoms with Crippen molar-refractivity contribution in [3.63, 3.8) is 0 Å². The molecule has 1 aliphatic heterocycles. The van der Waals surface area contributed by atoms with Crippen LogP contribution in [0.5, 0.6) is 0 Å². The van der Waals surface area contributed by atoms with Crippen LogP contribution in [0.2, 0.25) is 5.02 Å². The number of likely N-dealkylation sites (N-methyl/N-ethyl adjacent to an activating group) is 1. The fourth-order valence-corrected chi connectivity index (χ4v) is 5.21. The maximum atomic E-state index is 6.59. The smallest absolute Gasteiger partial charge is 0.0440 e. The molecule has 0 saturated carbocycles. The zero-order chi connectivity index (χ0) is 18.3. The summed E-state index contributed by atoms with van der Waals surface area (Å²) in [7, 11) is 4.43. The lowest BCUT2D eigenvalue weighted by molar-refractivity contribution is 0.259. The summed E-state index contributed by atoms with van der Waals surface area (Å²) in [6.45, 7) is 4.35. The molecule has 0 bridgehead atoms. The fourth-order valence-electron chi connectivity index (χ4n) is 5.01. The molecule has 2 aromatic rings. The average Bonchev–Trinajstić information content (AvgIpc) is 2.98. The van der Waals surface area contributed by atoms with Crippen LogP contribution in [0.3, 0.4) is 0 Å². The molecule has 3 unspecified atom stereocenters. The summed E-state index contributed by atoms with van der Waals surface area (Å²) in [6, 6.07) is 16.1. The van der Waals surface area contributed by atoms with Crippen molar-refractivity contribution in [1.29, 1.82) is 0 Å². The van der Waals surface area contributed by atoms with E-state index in [1.807, 2.05) is 0 Å². The van der Waals surface area contributed by atoms with Crippen molar-refractivity contribution < 1.29 is 0 Å². The SMILES string of the molecule is CCN(C)c1ccc(Cl)c(CC2C3CCc4ccccc4C3CN2C)c1. The summed E-state index contributed by atoms with van der Waals surface area (Å²) in [5.41, 5.74) is 5.70. The third-order valence-electron chi connectivity index (χ3n) is 6.64. The minimum absolute atomic E-state index is 0.577. The number of aryl methyl sites for hydroxylation is 1. The van der Waals surface area contributed by atoms with E-state index in [9.17, 15) is 0 Å². The molecular formula is C23H29ClN2. The molecule has 0 radical (unpaired) electrons. The zero-order valence-corrected chi connectivity index (χ0v) is 16.8. The Balaban J connectivity index is 1.60. The van der Waals surface area contributed by atoms with Gasteiger partial charge in [0.15, 0.2) is 0 Å². The molecule has 1 heterocycles. The van der Waals surface area contributed by atoms with Gasteiger partial charge in [0.05, 0.1) is 0 Å². The van der Waals surface area contributed by atoms with Crippen LogP contribution in [-0.4, -0.2) is 38.1 Å². The highest BCUT2D eigenvalue weighted by Crippen LogP contribution is 2.45. The van der Waals surface area contributed by atoms with Crippen LogP contribution >= 0.6 is 11.6 Å². The van der Waals surface area contributed by atoms with E-state index >= 15 is 0 Å². The van der Waals surface area contributed by atoms with Crippen molar-refractivity contribution in [1.82, 2.24) is 4.90 Å². The summed E-state index contributed by atoms with van der Waals surface area (Å²) in [4.78, 5) is 4.85. The lowest BCUT2D eigenvalue weighted by Gasteiger charge is -2.32. The Hall–Kier alpha value is -1.51. The Bertz CT molecular complexity index is 788. The van der Waals surface area contributed by atoms with Crippen molar-refractivity contribution in [2.75, 3.05) is 32.1 Å². The van der Waals surface area contributed by atoms with E-state index < -0.39 is 0 Å². The van der Waals surface area contributed by atoms with Crippen LogP contribution in [0.4, 0.5) is 5.69 Å². The first kappa shape index (κ1) is 17.9. The third-order valence-corrected chi connectivity index (χ3v) is 7.01. The van der Waals surface area contributed by atoms with Gasteiger partial charge < -0.3 is 9.80 Å². The van der Waals surface area contributed by atoms with Crippen LogP contribution in [-0.2, 0) is 12.8 Å². The van der Waals surface area contributed by atoms with E-state index in [0.717, 1.165) is 23.9 Å². The van der Waals surface area contributed by atoms with E-state index in [4.69, 9.17) is 11.6 Å². The summed E-state index contributed by atoms with van der Waals surface area (Å²) < 4.78 is 0. The van der Waals surface area contributed by atoms with E-state index in [1.54, 1.807) is 11.1 Å². The van der Waals surface area contributed by atoms with Gasteiger partial charge in [0.25, 0.3) is 0 Å². The number of fused-ring (bicyclic) bond motifs is 3. The fraction of sp³-hybridized carbons (Fsp3) is 0.478. The quantitative estimate of drug-likeness (QED) is 0.749. The van der Waals surface area contributed by atoms with Crippen LogP contribution in [0.1, 0.15) is 36.0 Å². The van der Waals surface area contributed by atoms with E-state index in [0.29, 0.717) is 12.0 Å². The number of nitrogens with zero attached hydrogens (tertiary/aromatic N) is 2. The molecule has 2 aromatic carbocycles. The number of hydrogen-bond donors (Lipinski definition) is 0. The van der Waals surface area contributed by atoms with Gasteiger partial charge in [0.2, 0.25) is 0 Å². The molecule has 3 heteroatoms. The molecule has 1 aliphatic carbocycles. The van der Waals surface area contributed by atoms with Crippen molar-refractivity contribution in [3.05, 3.63) is 64.2 Å². The maximum absolute atomic E-state index is 6.59. The molecule has 138 valence electrons. The molecule has 0 N–H and O–H groups in total. The van der Waals surface area contributed by atoms with Gasteiger partial charge in [-0.25, -0.2) is 0 Å². The predicted octanol–water partition coefficient (Wildman–Crippen LogP) is 5.00. The third kappa shape index (κ3) is 3.14. The molecule has 1 saturated heterocycles. The Morgan fingerprint density at radius 2 is 2.00 bits per heavy atom. The van der Waals surface area contributed by atoms with Crippen molar-refractivity contribution >= 4 is 17.3 Å². The largest absolute Gasteiger partial charge is 0.375 e. The van der Waals surface area contributed by atoms with Crippen LogP contribution < -0.4 is 4.90 Å². The van der Waals surface area contributed by atoms with Gasteiger partial charge in [0, 0.05) is 42.8 Å². The molecular weight excluding hydrogens is 340 g/mol. The van der Waals surface area contributed by atoms with Gasteiger partial charge in [-0.2, -0.15) is 0 Å². The summed E-state index contributed by atoms with van der Waals surface area (Å²) in [5.74, 6) is 1.41. The monoisotopic (exact) mass is 368 g/mol. The zero-order valence-electron chi connectivity index (χ0n) is 16.1. The lowest BCUT2D eigenvalue weighted by Crippen LogP contribution is -2.33. The summed E-state index contributed by atoms with van der Waals surface area (Å²) >= 11 is 6.59. The van der Waals surface area contributed by atoms with Gasteiger partial charge in [-0.15, -0.1) is 0 Å². The van der Waals surface area contributed by atoms with Gasteiger partial charge in [0.1, 0.15) is 0 Å². The van der Waals surface area contributed by atoms with Gasteiger partial charge in [-0.3, -0.25) is 0 Å². The standard InChI is InChI=1S/C23H29ClN2/c1-4-25(2)18-10-12-22(24)17(13-18)14-23-20-11-9-16-7-5-6-8-19(16)21(20)15-26(23)3/h5-8,10,12-13,20-21,23H,4,9,11,14-15H2,1-3H3. The second-order valence-electron chi connectivity index (χ2n) is 8.01. The Labute approximate surface area is 162 Å². The van der Waals surface area contributed by atoms with Crippen molar-refractivity contribution in [3.8, 4) is 0 Å². The normalized spacial score (nSPS) is 25.0. The topological polar surface area (TPSA) is 6.48 Å². The van der Waals surface area contributed by atoms with Crippen molar-refractivity contribution in [2.24, 2.45) is 5.92 Å². The van der Waals surface area contributed by atoms with Crippen LogP contribution in [0, 0.1) is 5.92 Å². The first-order chi connectivity index (χ1) is 12.6. The Morgan fingerprint density at radius 1 is 1.19 bits per heavy atom. The second kappa shape index (κ2) is 7.25. The number of hydrogen-bond acceptors (Lipinski definition) is 2. The van der Waals surface area contributed by atoms with Crippen molar-refractivity contribution in [2.45, 2.75) is 38.1 Å². The molecule has 2 aliphatic rings. The minimum atomic E-state index is 0.577. The molecule has 0 spiro atoms. The van der Waals surface area contributed by atoms with Crippen LogP contribution in [0.15, 0.2) is 42.5 Å². The molecule has 0 amide bonds. The molecule has 3 atom stereocenters. The average molecular weight is 369 g/mol. The van der Waals surface area contributed by atoms with E-state index in [-0.39, 0.29) is 0 Å². The molecule has 26 heavy (non-hydrogen) atoms. The molecule has 2 nitrogen and oxygen atoms in total. The number of benzene rings is 2. The highest BCUT2D eigenvalue weighted by atomic mass is 35.5. The van der Waals surface area contributed by atoms with E-state index in [2.05, 4.69) is 73.3 Å². The Kier molecular flexibility index (Phi) is 4.98. The maximum Gasteiger partial charge on any atom is 0.0440 e. The highest BCUT2D eigenvalue weighted by molar-refractivity contribution is 6.31. The minimum Gasteiger partial charge on any atom is -0.375 e. The number of likely N-dealkylation sites (tertiary alicyclic amines) is 1. The second-order valence-corrected chi connectivity index (χ2v) is 8.42. The summed E-state index contributed by atoms with van der Waals surface area (Å²) in [6.07, 6.45) is 3.56. The van der Waals surface area contributed by atoms with Gasteiger partial charge >= 0.3 is 0 Å². The van der Waals surface area contributed by atoms with E-state index in [1.165, 1.54) is 30.6 Å². The lowest BCUT2D eigenvalue weighted by atomic mass is 9.73. The number of rotatable bonds is 4. The predicted molar refractivity (Wildman–Crippen MR) is 112 cm³/mol. The summed E-state index contributed by atoms with van der Waals surface area (Å²) in [5, 5.41) is 0.909. The Morgan fingerprint density at radius 3 is 2.81 bits per heavy atom. The van der Waals surface area contributed by atoms with Gasteiger partial charge in [-0.1, -0.05) is 35.9 Å². The first-order valence-corrected chi connectivity index (χ1v) is 10.2. The number of halogens is 1. The number of anilines is 1.